The summed E-state index contributed by atoms with van der Waals surface area (Å²) in [6, 6.07) is 3.61. The Bertz CT molecular complexity index is 262. The molecule has 1 rings (SSSR count). The molecule has 0 aromatic heterocycles. The van der Waals surface area contributed by atoms with E-state index in [0.717, 1.165) is 12.5 Å². The molecule has 0 heterocycles. The Balaban J connectivity index is 2.99. The van der Waals surface area contributed by atoms with E-state index in [0.29, 0.717) is 5.56 Å². The molecule has 0 amide bonds. The fourth-order valence-corrected chi connectivity index (χ4v) is 1.38. The summed E-state index contributed by atoms with van der Waals surface area (Å²) in [4.78, 5) is 0. The van der Waals surface area contributed by atoms with Crippen molar-refractivity contribution in [3.63, 3.8) is 0 Å². The number of benzene rings is 1. The quantitative estimate of drug-likeness (QED) is 0.763. The first-order valence-corrected chi connectivity index (χ1v) is 4.30. The molecule has 1 aromatic carbocycles. The molecule has 1 aromatic rings. The van der Waals surface area contributed by atoms with Gasteiger partial charge in [0.1, 0.15) is 11.6 Å². The van der Waals surface area contributed by atoms with Gasteiger partial charge in [0.2, 0.25) is 0 Å². The minimum absolute atomic E-state index is 0.0187. The third-order valence-corrected chi connectivity index (χ3v) is 2.04. The molecule has 0 aliphatic heterocycles. The van der Waals surface area contributed by atoms with Crippen molar-refractivity contribution in [2.24, 2.45) is 0 Å². The Morgan fingerprint density at radius 1 is 1.23 bits per heavy atom. The van der Waals surface area contributed by atoms with Gasteiger partial charge in [-0.1, -0.05) is 6.92 Å². The maximum Gasteiger partial charge on any atom is 0.126 e. The highest BCUT2D eigenvalue weighted by Gasteiger charge is 2.08. The second-order valence-corrected chi connectivity index (χ2v) is 2.95. The van der Waals surface area contributed by atoms with Gasteiger partial charge in [0.25, 0.3) is 0 Å². The maximum atomic E-state index is 12.8. The third-order valence-electron chi connectivity index (χ3n) is 2.04. The summed E-state index contributed by atoms with van der Waals surface area (Å²) < 4.78 is 25.6. The van der Waals surface area contributed by atoms with Crippen molar-refractivity contribution in [2.45, 2.75) is 19.4 Å². The van der Waals surface area contributed by atoms with Crippen LogP contribution in [0.3, 0.4) is 0 Å². The minimum Gasteiger partial charge on any atom is -0.313 e. The SMILES string of the molecule is CC[C@H](NC)c1cc(F)cc(F)c1. The topological polar surface area (TPSA) is 12.0 Å². The van der Waals surface area contributed by atoms with E-state index in [2.05, 4.69) is 5.32 Å². The van der Waals surface area contributed by atoms with E-state index in [1.54, 1.807) is 7.05 Å². The van der Waals surface area contributed by atoms with E-state index in [9.17, 15) is 8.78 Å². The van der Waals surface area contributed by atoms with Gasteiger partial charge in [-0.05, 0) is 31.2 Å². The summed E-state index contributed by atoms with van der Waals surface area (Å²) >= 11 is 0. The lowest BCUT2D eigenvalue weighted by atomic mass is 10.0. The van der Waals surface area contributed by atoms with Gasteiger partial charge in [-0.15, -0.1) is 0 Å². The average molecular weight is 185 g/mol. The third kappa shape index (κ3) is 2.49. The molecule has 0 saturated heterocycles. The van der Waals surface area contributed by atoms with Crippen molar-refractivity contribution in [3.05, 3.63) is 35.4 Å². The molecule has 0 bridgehead atoms. The summed E-state index contributed by atoms with van der Waals surface area (Å²) in [7, 11) is 1.77. The number of halogens is 2. The van der Waals surface area contributed by atoms with Crippen LogP contribution in [-0.2, 0) is 0 Å². The number of nitrogens with one attached hydrogen (secondary N) is 1. The van der Waals surface area contributed by atoms with Crippen LogP contribution in [0, 0.1) is 11.6 Å². The molecule has 0 fully saturated rings. The van der Waals surface area contributed by atoms with Gasteiger partial charge in [0.15, 0.2) is 0 Å². The van der Waals surface area contributed by atoms with Crippen LogP contribution in [0.4, 0.5) is 8.78 Å². The number of hydrogen-bond donors (Lipinski definition) is 1. The smallest absolute Gasteiger partial charge is 0.126 e. The molecule has 0 aliphatic rings. The van der Waals surface area contributed by atoms with Gasteiger partial charge in [-0.25, -0.2) is 8.78 Å². The standard InChI is InChI=1S/C10H13F2N/c1-3-10(13-2)7-4-8(11)6-9(12)5-7/h4-6,10,13H,3H2,1-2H3/t10-/m0/s1. The van der Waals surface area contributed by atoms with E-state index >= 15 is 0 Å². The monoisotopic (exact) mass is 185 g/mol. The summed E-state index contributed by atoms with van der Waals surface area (Å²) in [5.74, 6) is -1.05. The van der Waals surface area contributed by atoms with E-state index in [1.165, 1.54) is 12.1 Å². The van der Waals surface area contributed by atoms with Gasteiger partial charge >= 0.3 is 0 Å². The van der Waals surface area contributed by atoms with Crippen LogP contribution in [0.5, 0.6) is 0 Å². The summed E-state index contributed by atoms with van der Waals surface area (Å²) in [5, 5.41) is 2.99. The van der Waals surface area contributed by atoms with E-state index < -0.39 is 11.6 Å². The first-order chi connectivity index (χ1) is 6.17. The maximum absolute atomic E-state index is 12.8. The summed E-state index contributed by atoms with van der Waals surface area (Å²) in [6.45, 7) is 1.96. The van der Waals surface area contributed by atoms with Crippen molar-refractivity contribution in [2.75, 3.05) is 7.05 Å². The molecular formula is C10H13F2N. The van der Waals surface area contributed by atoms with Gasteiger partial charge in [0, 0.05) is 12.1 Å². The normalized spacial score (nSPS) is 12.9. The molecule has 0 saturated carbocycles. The molecule has 0 unspecified atom stereocenters. The fraction of sp³-hybridized carbons (Fsp3) is 0.400. The van der Waals surface area contributed by atoms with Gasteiger partial charge in [-0.2, -0.15) is 0 Å². The zero-order chi connectivity index (χ0) is 9.84. The van der Waals surface area contributed by atoms with E-state index in [1.807, 2.05) is 6.92 Å². The first-order valence-electron chi connectivity index (χ1n) is 4.30. The van der Waals surface area contributed by atoms with E-state index in [4.69, 9.17) is 0 Å². The highest BCUT2D eigenvalue weighted by atomic mass is 19.1. The zero-order valence-corrected chi connectivity index (χ0v) is 7.77. The van der Waals surface area contributed by atoms with Crippen molar-refractivity contribution >= 4 is 0 Å². The average Bonchev–Trinajstić information content (AvgIpc) is 2.04. The van der Waals surface area contributed by atoms with Crippen molar-refractivity contribution in [1.82, 2.24) is 5.32 Å². The molecule has 1 atom stereocenters. The summed E-state index contributed by atoms with van der Waals surface area (Å²) in [6.07, 6.45) is 0.805. The Labute approximate surface area is 76.8 Å². The molecular weight excluding hydrogens is 172 g/mol. The van der Waals surface area contributed by atoms with Crippen LogP contribution >= 0.6 is 0 Å². The highest BCUT2D eigenvalue weighted by molar-refractivity contribution is 5.21. The molecule has 13 heavy (non-hydrogen) atoms. The lowest BCUT2D eigenvalue weighted by molar-refractivity contribution is 0.544. The largest absolute Gasteiger partial charge is 0.313 e. The van der Waals surface area contributed by atoms with Crippen LogP contribution in [0.25, 0.3) is 0 Å². The Hall–Kier alpha value is -0.960. The van der Waals surface area contributed by atoms with Crippen molar-refractivity contribution < 1.29 is 8.78 Å². The van der Waals surface area contributed by atoms with Gasteiger partial charge in [-0.3, -0.25) is 0 Å². The second kappa shape index (κ2) is 4.33. The first kappa shape index (κ1) is 10.1. The Morgan fingerprint density at radius 2 is 1.77 bits per heavy atom. The molecule has 0 radical (unpaired) electrons. The van der Waals surface area contributed by atoms with Gasteiger partial charge < -0.3 is 5.32 Å². The lowest BCUT2D eigenvalue weighted by Crippen LogP contribution is -2.15. The summed E-state index contributed by atoms with van der Waals surface area (Å²) in [5.41, 5.74) is 0.655. The van der Waals surface area contributed by atoms with Crippen LogP contribution < -0.4 is 5.32 Å². The Kier molecular flexibility index (Phi) is 3.37. The molecule has 0 aliphatic carbocycles. The fourth-order valence-electron chi connectivity index (χ4n) is 1.38. The predicted molar refractivity (Wildman–Crippen MR) is 48.4 cm³/mol. The highest BCUT2D eigenvalue weighted by Crippen LogP contribution is 2.18. The van der Waals surface area contributed by atoms with Crippen molar-refractivity contribution in [1.29, 1.82) is 0 Å². The van der Waals surface area contributed by atoms with Crippen LogP contribution in [0.1, 0.15) is 24.9 Å². The van der Waals surface area contributed by atoms with Gasteiger partial charge in [0.05, 0.1) is 0 Å². The molecule has 1 nitrogen and oxygen atoms in total. The van der Waals surface area contributed by atoms with Crippen LogP contribution in [0.2, 0.25) is 0 Å². The number of rotatable bonds is 3. The lowest BCUT2D eigenvalue weighted by Gasteiger charge is -2.14. The minimum atomic E-state index is -0.524. The predicted octanol–water partition coefficient (Wildman–Crippen LogP) is 2.64. The Morgan fingerprint density at radius 3 is 2.15 bits per heavy atom. The zero-order valence-electron chi connectivity index (χ0n) is 7.77. The van der Waals surface area contributed by atoms with E-state index in [-0.39, 0.29) is 6.04 Å². The molecule has 0 spiro atoms. The number of hydrogen-bond acceptors (Lipinski definition) is 1. The second-order valence-electron chi connectivity index (χ2n) is 2.95. The molecule has 3 heteroatoms. The van der Waals surface area contributed by atoms with Crippen molar-refractivity contribution in [3.8, 4) is 0 Å². The molecule has 72 valence electrons. The van der Waals surface area contributed by atoms with Crippen LogP contribution in [-0.4, -0.2) is 7.05 Å². The molecule has 1 N–H and O–H groups in total. The van der Waals surface area contributed by atoms with Crippen LogP contribution in [0.15, 0.2) is 18.2 Å².